The number of alkyl halides is 3. The number of aromatic nitrogens is 1. The van der Waals surface area contributed by atoms with E-state index >= 15 is 0 Å². The quantitative estimate of drug-likeness (QED) is 0.880. The number of rotatable bonds is 2. The molecule has 0 aliphatic carbocycles. The Kier molecular flexibility index (Phi) is 3.44. The highest BCUT2D eigenvalue weighted by atomic mass is 19.4. The fourth-order valence-corrected chi connectivity index (χ4v) is 1.66. The van der Waals surface area contributed by atoms with Crippen molar-refractivity contribution in [2.45, 2.75) is 12.8 Å². The minimum atomic E-state index is -4.35. The number of pyridine rings is 1. The molecule has 0 radical (unpaired) electrons. The molecule has 1 heterocycles. The van der Waals surface area contributed by atoms with Gasteiger partial charge in [-0.3, -0.25) is 0 Å². The summed E-state index contributed by atoms with van der Waals surface area (Å²) in [6, 6.07) is 6.33. The van der Waals surface area contributed by atoms with Crippen LogP contribution in [-0.2, 0) is 12.8 Å². The third kappa shape index (κ3) is 2.85. The highest BCUT2D eigenvalue weighted by Gasteiger charge is 2.29. The van der Waals surface area contributed by atoms with Crippen LogP contribution >= 0.6 is 0 Å². The van der Waals surface area contributed by atoms with Crippen LogP contribution in [0.5, 0.6) is 0 Å². The monoisotopic (exact) mass is 268 g/mol. The lowest BCUT2D eigenvalue weighted by molar-refractivity contribution is -0.137. The molecule has 3 nitrogen and oxygen atoms in total. The van der Waals surface area contributed by atoms with Crippen molar-refractivity contribution in [3.8, 4) is 11.1 Å². The molecule has 100 valence electrons. The number of nitrogen functional groups attached to an aromatic ring is 1. The SMILES string of the molecule is Nc1ncc(-c2ccc(C(F)(F)F)cc2)cc1CO. The number of hydrogen-bond acceptors (Lipinski definition) is 3. The summed E-state index contributed by atoms with van der Waals surface area (Å²) in [7, 11) is 0. The average molecular weight is 268 g/mol. The van der Waals surface area contributed by atoms with Gasteiger partial charge in [0.25, 0.3) is 0 Å². The third-order valence-corrected chi connectivity index (χ3v) is 2.72. The molecule has 6 heteroatoms. The van der Waals surface area contributed by atoms with Gasteiger partial charge in [-0.05, 0) is 23.8 Å². The van der Waals surface area contributed by atoms with Crippen LogP contribution in [0.4, 0.5) is 19.0 Å². The number of hydrogen-bond donors (Lipinski definition) is 2. The van der Waals surface area contributed by atoms with Gasteiger partial charge in [-0.2, -0.15) is 13.2 Å². The van der Waals surface area contributed by atoms with Crippen molar-refractivity contribution in [3.05, 3.63) is 47.7 Å². The number of nitrogens with two attached hydrogens (primary N) is 1. The lowest BCUT2D eigenvalue weighted by atomic mass is 10.0. The number of benzene rings is 1. The van der Waals surface area contributed by atoms with E-state index in [2.05, 4.69) is 4.98 Å². The Labute approximate surface area is 107 Å². The van der Waals surface area contributed by atoms with Gasteiger partial charge in [0.15, 0.2) is 0 Å². The van der Waals surface area contributed by atoms with Crippen molar-refractivity contribution >= 4 is 5.82 Å². The van der Waals surface area contributed by atoms with E-state index in [1.165, 1.54) is 18.3 Å². The van der Waals surface area contributed by atoms with Gasteiger partial charge in [-0.15, -0.1) is 0 Å². The van der Waals surface area contributed by atoms with Crippen molar-refractivity contribution in [1.82, 2.24) is 4.98 Å². The van der Waals surface area contributed by atoms with E-state index in [4.69, 9.17) is 10.8 Å². The first-order valence-corrected chi connectivity index (χ1v) is 5.44. The maximum atomic E-state index is 12.4. The van der Waals surface area contributed by atoms with Crippen LogP contribution in [0.3, 0.4) is 0 Å². The van der Waals surface area contributed by atoms with Gasteiger partial charge < -0.3 is 10.8 Å². The summed E-state index contributed by atoms with van der Waals surface area (Å²) < 4.78 is 37.3. The lowest BCUT2D eigenvalue weighted by Crippen LogP contribution is -2.04. The molecule has 2 rings (SSSR count). The van der Waals surface area contributed by atoms with Gasteiger partial charge in [0, 0.05) is 17.3 Å². The summed E-state index contributed by atoms with van der Waals surface area (Å²) in [5.41, 5.74) is 6.46. The van der Waals surface area contributed by atoms with Crippen LogP contribution < -0.4 is 5.73 Å². The van der Waals surface area contributed by atoms with E-state index in [-0.39, 0.29) is 12.4 Å². The minimum Gasteiger partial charge on any atom is -0.392 e. The normalized spacial score (nSPS) is 11.6. The molecule has 1 aromatic carbocycles. The zero-order valence-corrected chi connectivity index (χ0v) is 9.78. The molecule has 1 aromatic heterocycles. The van der Waals surface area contributed by atoms with E-state index in [0.717, 1.165) is 12.1 Å². The molecule has 19 heavy (non-hydrogen) atoms. The maximum absolute atomic E-state index is 12.4. The molecule has 0 bridgehead atoms. The predicted molar refractivity (Wildman–Crippen MR) is 65.0 cm³/mol. The highest BCUT2D eigenvalue weighted by Crippen LogP contribution is 2.31. The van der Waals surface area contributed by atoms with Crippen LogP contribution in [0.2, 0.25) is 0 Å². The zero-order chi connectivity index (χ0) is 14.0. The standard InChI is InChI=1S/C13H11F3N2O/c14-13(15,16)11-3-1-8(2-4-11)9-5-10(7-19)12(17)18-6-9/h1-6,19H,7H2,(H2,17,18). The van der Waals surface area contributed by atoms with Crippen LogP contribution in [0.15, 0.2) is 36.5 Å². The fourth-order valence-electron chi connectivity index (χ4n) is 1.66. The summed E-state index contributed by atoms with van der Waals surface area (Å²) in [5.74, 6) is 0.207. The van der Waals surface area contributed by atoms with Gasteiger partial charge in [-0.25, -0.2) is 4.98 Å². The largest absolute Gasteiger partial charge is 0.416 e. The molecule has 3 N–H and O–H groups in total. The van der Waals surface area contributed by atoms with Gasteiger partial charge >= 0.3 is 6.18 Å². The van der Waals surface area contributed by atoms with E-state index < -0.39 is 11.7 Å². The first kappa shape index (κ1) is 13.4. The lowest BCUT2D eigenvalue weighted by Gasteiger charge is -2.09. The predicted octanol–water partition coefficient (Wildman–Crippen LogP) is 2.84. The Bertz CT molecular complexity index is 579. The number of anilines is 1. The van der Waals surface area contributed by atoms with Crippen molar-refractivity contribution < 1.29 is 18.3 Å². The number of nitrogens with zero attached hydrogens (tertiary/aromatic N) is 1. The Morgan fingerprint density at radius 1 is 1.11 bits per heavy atom. The molecule has 0 saturated carbocycles. The molecule has 0 aliphatic heterocycles. The van der Waals surface area contributed by atoms with Crippen LogP contribution in [0, 0.1) is 0 Å². The molecule has 0 fully saturated rings. The van der Waals surface area contributed by atoms with Crippen LogP contribution in [0.25, 0.3) is 11.1 Å². The summed E-state index contributed by atoms with van der Waals surface area (Å²) in [4.78, 5) is 3.89. The maximum Gasteiger partial charge on any atom is 0.416 e. The zero-order valence-electron chi connectivity index (χ0n) is 9.78. The molecule has 0 saturated heterocycles. The summed E-state index contributed by atoms with van der Waals surface area (Å²) in [6.45, 7) is -0.271. The Balaban J connectivity index is 2.37. The molecule has 0 spiro atoms. The Morgan fingerprint density at radius 3 is 2.26 bits per heavy atom. The Hall–Kier alpha value is -2.08. The first-order valence-electron chi connectivity index (χ1n) is 5.44. The van der Waals surface area contributed by atoms with Crippen molar-refractivity contribution in [3.63, 3.8) is 0 Å². The van der Waals surface area contributed by atoms with Crippen LogP contribution in [0.1, 0.15) is 11.1 Å². The second-order valence-corrected chi connectivity index (χ2v) is 4.00. The van der Waals surface area contributed by atoms with E-state index in [9.17, 15) is 13.2 Å². The van der Waals surface area contributed by atoms with E-state index in [1.54, 1.807) is 6.07 Å². The number of aliphatic hydroxyl groups is 1. The van der Waals surface area contributed by atoms with E-state index in [0.29, 0.717) is 16.7 Å². The third-order valence-electron chi connectivity index (χ3n) is 2.72. The smallest absolute Gasteiger partial charge is 0.392 e. The molecule has 2 aromatic rings. The molecule has 0 unspecified atom stereocenters. The van der Waals surface area contributed by atoms with Crippen molar-refractivity contribution in [2.24, 2.45) is 0 Å². The van der Waals surface area contributed by atoms with E-state index in [1.807, 2.05) is 0 Å². The summed E-state index contributed by atoms with van der Waals surface area (Å²) >= 11 is 0. The van der Waals surface area contributed by atoms with Crippen LogP contribution in [-0.4, -0.2) is 10.1 Å². The van der Waals surface area contributed by atoms with Gasteiger partial charge in [-0.1, -0.05) is 12.1 Å². The van der Waals surface area contributed by atoms with Gasteiger partial charge in [0.2, 0.25) is 0 Å². The van der Waals surface area contributed by atoms with Crippen molar-refractivity contribution in [2.75, 3.05) is 5.73 Å². The van der Waals surface area contributed by atoms with Crippen molar-refractivity contribution in [1.29, 1.82) is 0 Å². The topological polar surface area (TPSA) is 59.1 Å². The molecular weight excluding hydrogens is 257 g/mol. The second kappa shape index (κ2) is 4.89. The molecular formula is C13H11F3N2O. The summed E-state index contributed by atoms with van der Waals surface area (Å²) in [6.07, 6.45) is -2.90. The summed E-state index contributed by atoms with van der Waals surface area (Å²) in [5, 5.41) is 9.07. The van der Waals surface area contributed by atoms with Gasteiger partial charge in [0.1, 0.15) is 5.82 Å². The minimum absolute atomic E-state index is 0.207. The van der Waals surface area contributed by atoms with Gasteiger partial charge in [0.05, 0.1) is 12.2 Å². The second-order valence-electron chi connectivity index (χ2n) is 4.00. The fraction of sp³-hybridized carbons (Fsp3) is 0.154. The number of halogens is 3. The first-order chi connectivity index (χ1) is 8.91. The molecule has 0 amide bonds. The number of aliphatic hydroxyl groups excluding tert-OH is 1. The molecule has 0 atom stereocenters. The average Bonchev–Trinajstić information content (AvgIpc) is 2.38. The highest BCUT2D eigenvalue weighted by molar-refractivity contribution is 5.65. The molecule has 0 aliphatic rings. The Morgan fingerprint density at radius 2 is 1.74 bits per heavy atom.